The van der Waals surface area contributed by atoms with Gasteiger partial charge in [-0.2, -0.15) is 0 Å². The Morgan fingerprint density at radius 1 is 1.04 bits per heavy atom. The van der Waals surface area contributed by atoms with Crippen LogP contribution >= 0.6 is 11.3 Å². The quantitative estimate of drug-likeness (QED) is 0.823. The van der Waals surface area contributed by atoms with Gasteiger partial charge in [-0.1, -0.05) is 6.92 Å². The average Bonchev–Trinajstić information content (AvgIpc) is 3.22. The number of nitrogens with zero attached hydrogens (tertiary/aromatic N) is 4. The predicted octanol–water partition coefficient (Wildman–Crippen LogP) is 1.87. The second-order valence-corrected chi connectivity index (χ2v) is 7.64. The summed E-state index contributed by atoms with van der Waals surface area (Å²) in [6.45, 7) is 12.6. The first-order valence-electron chi connectivity index (χ1n) is 8.87. The Labute approximate surface area is 143 Å². The second kappa shape index (κ2) is 7.73. The maximum absolute atomic E-state index is 12.7. The summed E-state index contributed by atoms with van der Waals surface area (Å²) < 4.78 is 0. The summed E-state index contributed by atoms with van der Waals surface area (Å²) in [7, 11) is 0. The molecular formula is C17H28N4OS. The number of piperazine rings is 1. The van der Waals surface area contributed by atoms with Crippen LogP contribution in [-0.4, -0.2) is 77.9 Å². The number of likely N-dealkylation sites (tertiary alicyclic amines) is 1. The Morgan fingerprint density at radius 2 is 1.65 bits per heavy atom. The number of aromatic nitrogens is 1. The minimum Gasteiger partial charge on any atom is -0.335 e. The Bertz CT molecular complexity index is 531. The summed E-state index contributed by atoms with van der Waals surface area (Å²) >= 11 is 1.57. The van der Waals surface area contributed by atoms with Crippen molar-refractivity contribution >= 4 is 17.2 Å². The number of hydrogen-bond acceptors (Lipinski definition) is 5. The summed E-state index contributed by atoms with van der Waals surface area (Å²) in [5.41, 5.74) is 0.897. The van der Waals surface area contributed by atoms with Gasteiger partial charge in [-0.3, -0.25) is 9.69 Å². The highest BCUT2D eigenvalue weighted by Crippen LogP contribution is 2.21. The Morgan fingerprint density at radius 3 is 2.22 bits per heavy atom. The van der Waals surface area contributed by atoms with E-state index in [4.69, 9.17) is 0 Å². The number of aryl methyl sites for hydroxylation is 2. The van der Waals surface area contributed by atoms with Crippen LogP contribution in [0.1, 0.15) is 40.1 Å². The lowest BCUT2D eigenvalue weighted by atomic mass is 10.2. The van der Waals surface area contributed by atoms with E-state index in [-0.39, 0.29) is 5.91 Å². The van der Waals surface area contributed by atoms with Gasteiger partial charge in [0.25, 0.3) is 5.91 Å². The molecule has 1 aromatic heterocycles. The van der Waals surface area contributed by atoms with Crippen LogP contribution in [0.25, 0.3) is 0 Å². The van der Waals surface area contributed by atoms with Crippen LogP contribution in [0.2, 0.25) is 0 Å². The first-order chi connectivity index (χ1) is 11.2. The largest absolute Gasteiger partial charge is 0.335 e. The molecule has 1 amide bonds. The number of amides is 1. The van der Waals surface area contributed by atoms with E-state index < -0.39 is 0 Å². The standard InChI is InChI=1S/C17H28N4OS/c1-3-15-18-14(2)16(23-15)17(22)21-12-10-20(11-13-21)9-8-19-6-4-5-7-19/h3-13H2,1-2H3. The van der Waals surface area contributed by atoms with Crippen molar-refractivity contribution in [3.63, 3.8) is 0 Å². The second-order valence-electron chi connectivity index (χ2n) is 6.56. The van der Waals surface area contributed by atoms with Crippen LogP contribution < -0.4 is 0 Å². The molecule has 0 radical (unpaired) electrons. The minimum atomic E-state index is 0.180. The van der Waals surface area contributed by atoms with Gasteiger partial charge in [0, 0.05) is 39.3 Å². The molecule has 23 heavy (non-hydrogen) atoms. The zero-order chi connectivity index (χ0) is 16.2. The van der Waals surface area contributed by atoms with Crippen LogP contribution in [0.4, 0.5) is 0 Å². The van der Waals surface area contributed by atoms with E-state index in [2.05, 4.69) is 21.7 Å². The Balaban J connectivity index is 1.47. The third-order valence-electron chi connectivity index (χ3n) is 4.93. The molecule has 0 N–H and O–H groups in total. The molecule has 0 atom stereocenters. The van der Waals surface area contributed by atoms with E-state index in [0.717, 1.165) is 54.7 Å². The van der Waals surface area contributed by atoms with Gasteiger partial charge in [-0.15, -0.1) is 11.3 Å². The molecule has 2 fully saturated rings. The topological polar surface area (TPSA) is 39.7 Å². The van der Waals surface area contributed by atoms with Crippen molar-refractivity contribution in [3.05, 3.63) is 15.6 Å². The van der Waals surface area contributed by atoms with Crippen LogP contribution in [0.15, 0.2) is 0 Å². The molecule has 2 saturated heterocycles. The third-order valence-corrected chi connectivity index (χ3v) is 6.22. The maximum atomic E-state index is 12.7. The molecule has 5 nitrogen and oxygen atoms in total. The molecule has 1 aromatic rings. The molecule has 0 spiro atoms. The van der Waals surface area contributed by atoms with Crippen molar-refractivity contribution in [2.75, 3.05) is 52.4 Å². The molecule has 0 unspecified atom stereocenters. The first-order valence-corrected chi connectivity index (χ1v) is 9.69. The third kappa shape index (κ3) is 4.11. The van der Waals surface area contributed by atoms with Crippen LogP contribution in [0.3, 0.4) is 0 Å². The van der Waals surface area contributed by atoms with Gasteiger partial charge < -0.3 is 9.80 Å². The molecule has 6 heteroatoms. The minimum absolute atomic E-state index is 0.180. The SMILES string of the molecule is CCc1nc(C)c(C(=O)N2CCN(CCN3CCCC3)CC2)s1. The fraction of sp³-hybridized carbons (Fsp3) is 0.765. The lowest BCUT2D eigenvalue weighted by Gasteiger charge is -2.35. The number of carbonyl (C=O) groups is 1. The molecule has 128 valence electrons. The van der Waals surface area contributed by atoms with E-state index in [1.54, 1.807) is 11.3 Å². The molecule has 2 aliphatic heterocycles. The van der Waals surface area contributed by atoms with Crippen molar-refractivity contribution in [1.29, 1.82) is 0 Å². The highest BCUT2D eigenvalue weighted by atomic mass is 32.1. The summed E-state index contributed by atoms with van der Waals surface area (Å²) in [5.74, 6) is 0.180. The van der Waals surface area contributed by atoms with Gasteiger partial charge in [-0.25, -0.2) is 4.98 Å². The van der Waals surface area contributed by atoms with Gasteiger partial charge in [0.15, 0.2) is 0 Å². The molecule has 0 saturated carbocycles. The van der Waals surface area contributed by atoms with Gasteiger partial charge >= 0.3 is 0 Å². The highest BCUT2D eigenvalue weighted by molar-refractivity contribution is 7.13. The maximum Gasteiger partial charge on any atom is 0.265 e. The fourth-order valence-corrected chi connectivity index (χ4v) is 4.38. The summed E-state index contributed by atoms with van der Waals surface area (Å²) in [6.07, 6.45) is 3.62. The van der Waals surface area contributed by atoms with E-state index >= 15 is 0 Å². The van der Waals surface area contributed by atoms with Crippen molar-refractivity contribution < 1.29 is 4.79 Å². The molecule has 3 heterocycles. The van der Waals surface area contributed by atoms with Gasteiger partial charge in [0.05, 0.1) is 10.7 Å². The van der Waals surface area contributed by atoms with Crippen molar-refractivity contribution in [1.82, 2.24) is 19.7 Å². The number of hydrogen-bond donors (Lipinski definition) is 0. The van der Waals surface area contributed by atoms with Crippen LogP contribution in [0, 0.1) is 6.92 Å². The van der Waals surface area contributed by atoms with E-state index in [1.165, 1.54) is 32.5 Å². The van der Waals surface area contributed by atoms with Gasteiger partial charge in [0.1, 0.15) is 4.88 Å². The molecule has 0 bridgehead atoms. The molecule has 0 aliphatic carbocycles. The number of carbonyl (C=O) groups excluding carboxylic acids is 1. The van der Waals surface area contributed by atoms with Crippen LogP contribution in [0.5, 0.6) is 0 Å². The Hall–Kier alpha value is -0.980. The first kappa shape index (κ1) is 16.9. The van der Waals surface area contributed by atoms with Gasteiger partial charge in [-0.05, 0) is 39.3 Å². The Kier molecular flexibility index (Phi) is 5.67. The van der Waals surface area contributed by atoms with Crippen LogP contribution in [-0.2, 0) is 6.42 Å². The predicted molar refractivity (Wildman–Crippen MR) is 94.2 cm³/mol. The van der Waals surface area contributed by atoms with Crippen molar-refractivity contribution in [2.45, 2.75) is 33.1 Å². The lowest BCUT2D eigenvalue weighted by molar-refractivity contribution is 0.0630. The number of thiazole rings is 1. The number of rotatable bonds is 5. The highest BCUT2D eigenvalue weighted by Gasteiger charge is 2.25. The average molecular weight is 337 g/mol. The summed E-state index contributed by atoms with van der Waals surface area (Å²) in [4.78, 5) is 25.1. The summed E-state index contributed by atoms with van der Waals surface area (Å²) in [6, 6.07) is 0. The molecule has 3 rings (SSSR count). The zero-order valence-corrected chi connectivity index (χ0v) is 15.2. The van der Waals surface area contributed by atoms with E-state index in [1.807, 2.05) is 11.8 Å². The van der Waals surface area contributed by atoms with Crippen molar-refractivity contribution in [3.8, 4) is 0 Å². The zero-order valence-electron chi connectivity index (χ0n) is 14.4. The smallest absolute Gasteiger partial charge is 0.265 e. The fourth-order valence-electron chi connectivity index (χ4n) is 3.41. The monoisotopic (exact) mass is 336 g/mol. The molecule has 2 aliphatic rings. The molecule has 0 aromatic carbocycles. The van der Waals surface area contributed by atoms with Crippen molar-refractivity contribution in [2.24, 2.45) is 0 Å². The van der Waals surface area contributed by atoms with Gasteiger partial charge in [0.2, 0.25) is 0 Å². The normalized spacial score (nSPS) is 20.3. The summed E-state index contributed by atoms with van der Waals surface area (Å²) in [5, 5.41) is 1.06. The van der Waals surface area contributed by atoms with E-state index in [9.17, 15) is 4.79 Å². The van der Waals surface area contributed by atoms with E-state index in [0.29, 0.717) is 0 Å². The lowest BCUT2D eigenvalue weighted by Crippen LogP contribution is -2.50. The molecular weight excluding hydrogens is 308 g/mol.